The molecule has 1 saturated heterocycles. The van der Waals surface area contributed by atoms with Crippen molar-refractivity contribution in [1.82, 2.24) is 15.3 Å². The Morgan fingerprint density at radius 3 is 3.25 bits per heavy atom. The Kier molecular flexibility index (Phi) is 1.07. The van der Waals surface area contributed by atoms with E-state index >= 15 is 0 Å². The van der Waals surface area contributed by atoms with Gasteiger partial charge in [0.15, 0.2) is 0 Å². The number of hydrogen-bond donors (Lipinski definition) is 2. The Labute approximate surface area is 69.8 Å². The molecule has 1 atom stereocenters. The molecule has 0 bridgehead atoms. The van der Waals surface area contributed by atoms with Gasteiger partial charge in [0.25, 0.3) is 0 Å². The number of nitrogens with one attached hydrogen (secondary N) is 2. The fourth-order valence-electron chi connectivity index (χ4n) is 1.44. The van der Waals surface area contributed by atoms with E-state index in [2.05, 4.69) is 21.4 Å². The standard InChI is InChI=1S/C9H9N3/c1-2-10-9-6(1)3-7(4-12-9)8-5-11-8/h1-4,8,11H,5H2,(H,10,12)/t8-/m0/s1. The second kappa shape index (κ2) is 2.08. The van der Waals surface area contributed by atoms with Crippen molar-refractivity contribution < 1.29 is 0 Å². The molecule has 0 amide bonds. The maximum atomic E-state index is 4.31. The lowest BCUT2D eigenvalue weighted by Gasteiger charge is -1.94. The summed E-state index contributed by atoms with van der Waals surface area (Å²) in [7, 11) is 0. The molecule has 1 aliphatic heterocycles. The van der Waals surface area contributed by atoms with Crippen LogP contribution in [0.4, 0.5) is 0 Å². The number of rotatable bonds is 1. The van der Waals surface area contributed by atoms with Gasteiger partial charge in [-0.2, -0.15) is 0 Å². The predicted octanol–water partition coefficient (Wildman–Crippen LogP) is 1.21. The van der Waals surface area contributed by atoms with Gasteiger partial charge in [-0.05, 0) is 17.7 Å². The van der Waals surface area contributed by atoms with Crippen molar-refractivity contribution in [3.63, 3.8) is 0 Å². The minimum absolute atomic E-state index is 0.553. The van der Waals surface area contributed by atoms with Crippen molar-refractivity contribution >= 4 is 11.0 Å². The van der Waals surface area contributed by atoms with E-state index in [1.54, 1.807) is 0 Å². The van der Waals surface area contributed by atoms with Crippen molar-refractivity contribution in [3.05, 3.63) is 30.1 Å². The molecule has 3 nitrogen and oxygen atoms in total. The second-order valence-corrected chi connectivity index (χ2v) is 3.14. The smallest absolute Gasteiger partial charge is 0.137 e. The monoisotopic (exact) mass is 159 g/mol. The zero-order valence-electron chi connectivity index (χ0n) is 6.54. The molecule has 0 aromatic carbocycles. The highest BCUT2D eigenvalue weighted by molar-refractivity contribution is 5.75. The number of nitrogens with zero attached hydrogens (tertiary/aromatic N) is 1. The molecule has 60 valence electrons. The summed E-state index contributed by atoms with van der Waals surface area (Å²) in [6.45, 7) is 1.09. The van der Waals surface area contributed by atoms with Crippen LogP contribution in [0.25, 0.3) is 11.0 Å². The molecule has 2 N–H and O–H groups in total. The zero-order chi connectivity index (χ0) is 7.97. The summed E-state index contributed by atoms with van der Waals surface area (Å²) in [4.78, 5) is 7.38. The Morgan fingerprint density at radius 1 is 1.50 bits per heavy atom. The predicted molar refractivity (Wildman–Crippen MR) is 46.8 cm³/mol. The van der Waals surface area contributed by atoms with Crippen LogP contribution in [0.3, 0.4) is 0 Å². The van der Waals surface area contributed by atoms with Gasteiger partial charge in [-0.3, -0.25) is 0 Å². The van der Waals surface area contributed by atoms with Crippen LogP contribution >= 0.6 is 0 Å². The van der Waals surface area contributed by atoms with E-state index in [1.807, 2.05) is 18.5 Å². The third-order valence-corrected chi connectivity index (χ3v) is 2.23. The third-order valence-electron chi connectivity index (χ3n) is 2.23. The Balaban J connectivity index is 2.21. The van der Waals surface area contributed by atoms with Crippen molar-refractivity contribution in [3.8, 4) is 0 Å². The quantitative estimate of drug-likeness (QED) is 0.614. The second-order valence-electron chi connectivity index (χ2n) is 3.14. The molecular formula is C9H9N3. The largest absolute Gasteiger partial charge is 0.346 e. The maximum absolute atomic E-state index is 4.31. The van der Waals surface area contributed by atoms with Gasteiger partial charge in [0.1, 0.15) is 5.65 Å². The van der Waals surface area contributed by atoms with Gasteiger partial charge in [-0.25, -0.2) is 4.98 Å². The summed E-state index contributed by atoms with van der Waals surface area (Å²) in [6.07, 6.45) is 3.85. The normalized spacial score (nSPS) is 21.5. The van der Waals surface area contributed by atoms with Gasteiger partial charge in [0.05, 0.1) is 0 Å². The molecule has 0 spiro atoms. The molecule has 0 radical (unpaired) electrons. The number of H-pyrrole nitrogens is 1. The average molecular weight is 159 g/mol. The zero-order valence-corrected chi connectivity index (χ0v) is 6.54. The summed E-state index contributed by atoms with van der Waals surface area (Å²) in [5.74, 6) is 0. The highest BCUT2D eigenvalue weighted by atomic mass is 15.1. The van der Waals surface area contributed by atoms with Gasteiger partial charge in [0.2, 0.25) is 0 Å². The van der Waals surface area contributed by atoms with E-state index < -0.39 is 0 Å². The Bertz CT molecular complexity index is 414. The van der Waals surface area contributed by atoms with Crippen LogP contribution in [0.2, 0.25) is 0 Å². The SMILES string of the molecule is c1cc2cc([C@@H]3CN3)cnc2[nH]1. The fourth-order valence-corrected chi connectivity index (χ4v) is 1.44. The molecule has 1 fully saturated rings. The number of hydrogen-bond acceptors (Lipinski definition) is 2. The molecule has 0 aliphatic carbocycles. The lowest BCUT2D eigenvalue weighted by molar-refractivity contribution is 1.06. The maximum Gasteiger partial charge on any atom is 0.137 e. The molecule has 0 saturated carbocycles. The first kappa shape index (κ1) is 6.20. The summed E-state index contributed by atoms with van der Waals surface area (Å²) in [5.41, 5.74) is 2.27. The first-order valence-electron chi connectivity index (χ1n) is 4.10. The molecular weight excluding hydrogens is 150 g/mol. The van der Waals surface area contributed by atoms with E-state index in [0.717, 1.165) is 12.2 Å². The first-order chi connectivity index (χ1) is 5.93. The van der Waals surface area contributed by atoms with Crippen molar-refractivity contribution in [2.75, 3.05) is 6.54 Å². The molecule has 3 heterocycles. The lowest BCUT2D eigenvalue weighted by atomic mass is 10.2. The third kappa shape index (κ3) is 0.833. The van der Waals surface area contributed by atoms with Crippen LogP contribution < -0.4 is 5.32 Å². The summed E-state index contributed by atoms with van der Waals surface area (Å²) >= 11 is 0. The molecule has 3 heteroatoms. The molecule has 3 rings (SSSR count). The summed E-state index contributed by atoms with van der Waals surface area (Å²) in [6, 6.07) is 4.79. The van der Waals surface area contributed by atoms with Crippen LogP contribution in [0, 0.1) is 0 Å². The fraction of sp³-hybridized carbons (Fsp3) is 0.222. The van der Waals surface area contributed by atoms with E-state index in [-0.39, 0.29) is 0 Å². The molecule has 2 aromatic rings. The average Bonchev–Trinajstić information content (AvgIpc) is 2.84. The summed E-state index contributed by atoms with van der Waals surface area (Å²) in [5, 5.41) is 4.45. The van der Waals surface area contributed by atoms with Crippen LogP contribution in [-0.2, 0) is 0 Å². The van der Waals surface area contributed by atoms with Gasteiger partial charge in [0, 0.05) is 30.4 Å². The van der Waals surface area contributed by atoms with E-state index in [1.165, 1.54) is 10.9 Å². The van der Waals surface area contributed by atoms with Crippen LogP contribution in [0.1, 0.15) is 11.6 Å². The highest BCUT2D eigenvalue weighted by Crippen LogP contribution is 2.23. The van der Waals surface area contributed by atoms with Crippen molar-refractivity contribution in [1.29, 1.82) is 0 Å². The molecule has 0 unspecified atom stereocenters. The van der Waals surface area contributed by atoms with E-state index in [9.17, 15) is 0 Å². The van der Waals surface area contributed by atoms with Crippen LogP contribution in [-0.4, -0.2) is 16.5 Å². The lowest BCUT2D eigenvalue weighted by Crippen LogP contribution is -1.85. The Hall–Kier alpha value is -1.35. The van der Waals surface area contributed by atoms with E-state index in [0.29, 0.717) is 6.04 Å². The van der Waals surface area contributed by atoms with Gasteiger partial charge in [-0.15, -0.1) is 0 Å². The number of pyridine rings is 1. The molecule has 1 aliphatic rings. The number of aromatic nitrogens is 2. The topological polar surface area (TPSA) is 50.6 Å². The highest BCUT2D eigenvalue weighted by Gasteiger charge is 2.22. The molecule has 2 aromatic heterocycles. The van der Waals surface area contributed by atoms with Gasteiger partial charge >= 0.3 is 0 Å². The number of fused-ring (bicyclic) bond motifs is 1. The minimum Gasteiger partial charge on any atom is -0.346 e. The molecule has 12 heavy (non-hydrogen) atoms. The van der Waals surface area contributed by atoms with Gasteiger partial charge in [-0.1, -0.05) is 0 Å². The van der Waals surface area contributed by atoms with Gasteiger partial charge < -0.3 is 10.3 Å². The van der Waals surface area contributed by atoms with Crippen molar-refractivity contribution in [2.24, 2.45) is 0 Å². The van der Waals surface area contributed by atoms with Crippen LogP contribution in [0.15, 0.2) is 24.5 Å². The van der Waals surface area contributed by atoms with Crippen LogP contribution in [0.5, 0.6) is 0 Å². The number of aromatic amines is 1. The first-order valence-corrected chi connectivity index (χ1v) is 4.10. The minimum atomic E-state index is 0.553. The van der Waals surface area contributed by atoms with E-state index in [4.69, 9.17) is 0 Å². The Morgan fingerprint density at radius 2 is 2.42 bits per heavy atom. The van der Waals surface area contributed by atoms with Crippen molar-refractivity contribution in [2.45, 2.75) is 6.04 Å². The summed E-state index contributed by atoms with van der Waals surface area (Å²) < 4.78 is 0.